The average molecular weight is 398 g/mol. The predicted octanol–water partition coefficient (Wildman–Crippen LogP) is 1.25. The van der Waals surface area contributed by atoms with Crippen LogP contribution in [-0.2, 0) is 30.8 Å². The van der Waals surface area contributed by atoms with Crippen molar-refractivity contribution >= 4 is 29.1 Å². The maximum Gasteiger partial charge on any atom is 0.342 e. The van der Waals surface area contributed by atoms with Crippen molar-refractivity contribution in [2.45, 2.75) is 0 Å². The van der Waals surface area contributed by atoms with E-state index in [2.05, 4.69) is 15.2 Å². The number of aryl methyl sites for hydroxylation is 1. The van der Waals surface area contributed by atoms with Crippen LogP contribution in [0.15, 0.2) is 36.4 Å². The summed E-state index contributed by atoms with van der Waals surface area (Å²) in [5.74, 6) is -2.24. The van der Waals surface area contributed by atoms with E-state index in [1.54, 1.807) is 31.3 Å². The Labute approximate surface area is 165 Å². The van der Waals surface area contributed by atoms with Gasteiger partial charge in [-0.2, -0.15) is 4.52 Å². The van der Waals surface area contributed by atoms with Crippen LogP contribution < -0.4 is 0 Å². The SMILES string of the molecule is COC(=O)/C=C(/C(=O)OC)c1c(-c2ccccc2)c(C(=O)OC)c2n(C)nnn12. The van der Waals surface area contributed by atoms with Gasteiger partial charge in [-0.05, 0) is 16.0 Å². The van der Waals surface area contributed by atoms with E-state index < -0.39 is 17.9 Å². The molecule has 2 heterocycles. The number of ether oxygens (including phenoxy) is 3. The molecule has 29 heavy (non-hydrogen) atoms. The number of methoxy groups -OCH3 is 3. The van der Waals surface area contributed by atoms with Gasteiger partial charge in [0, 0.05) is 18.7 Å². The molecule has 0 unspecified atom stereocenters. The lowest BCUT2D eigenvalue weighted by Crippen LogP contribution is -2.11. The van der Waals surface area contributed by atoms with Crippen molar-refractivity contribution in [1.82, 2.24) is 19.6 Å². The maximum absolute atomic E-state index is 12.7. The third-order valence-corrected chi connectivity index (χ3v) is 4.27. The van der Waals surface area contributed by atoms with E-state index in [0.717, 1.165) is 6.08 Å². The predicted molar refractivity (Wildman–Crippen MR) is 101 cm³/mol. The Hall–Kier alpha value is -3.95. The van der Waals surface area contributed by atoms with Gasteiger partial charge in [0.25, 0.3) is 0 Å². The number of aromatic nitrogens is 4. The van der Waals surface area contributed by atoms with E-state index in [4.69, 9.17) is 9.47 Å². The summed E-state index contributed by atoms with van der Waals surface area (Å²) in [6.45, 7) is 0. The highest BCUT2D eigenvalue weighted by Gasteiger charge is 2.33. The molecule has 0 aliphatic heterocycles. The van der Waals surface area contributed by atoms with Crippen molar-refractivity contribution in [3.8, 4) is 11.1 Å². The minimum Gasteiger partial charge on any atom is -0.466 e. The lowest BCUT2D eigenvalue weighted by molar-refractivity contribution is -0.136. The molecule has 0 radical (unpaired) electrons. The zero-order valence-corrected chi connectivity index (χ0v) is 16.2. The van der Waals surface area contributed by atoms with E-state index in [1.807, 2.05) is 6.07 Å². The summed E-state index contributed by atoms with van der Waals surface area (Å²) in [5.41, 5.74) is 1.37. The third kappa shape index (κ3) is 3.35. The number of hydrogen-bond acceptors (Lipinski definition) is 8. The molecule has 0 spiro atoms. The van der Waals surface area contributed by atoms with Crippen molar-refractivity contribution in [2.75, 3.05) is 21.3 Å². The molecule has 0 aliphatic rings. The zero-order chi connectivity index (χ0) is 21.1. The number of carbonyl (C=O) groups excluding carboxylic acids is 3. The first-order valence-corrected chi connectivity index (χ1v) is 8.41. The maximum atomic E-state index is 12.7. The van der Waals surface area contributed by atoms with Gasteiger partial charge in [0.15, 0.2) is 5.65 Å². The molecule has 0 bridgehead atoms. The Morgan fingerprint density at radius 2 is 1.66 bits per heavy atom. The Morgan fingerprint density at radius 3 is 2.24 bits per heavy atom. The number of carbonyl (C=O) groups is 3. The molecule has 10 nitrogen and oxygen atoms in total. The zero-order valence-electron chi connectivity index (χ0n) is 16.2. The van der Waals surface area contributed by atoms with E-state index in [0.29, 0.717) is 11.1 Å². The van der Waals surface area contributed by atoms with Crippen LogP contribution in [-0.4, -0.2) is 58.9 Å². The first-order valence-electron chi connectivity index (χ1n) is 8.41. The molecule has 0 amide bonds. The van der Waals surface area contributed by atoms with E-state index in [9.17, 15) is 14.4 Å². The van der Waals surface area contributed by atoms with Gasteiger partial charge in [-0.1, -0.05) is 30.3 Å². The standard InChI is InChI=1S/C19H18N4O6/c1-22-17-15(19(26)29-4)14(11-8-6-5-7-9-11)16(23(17)21-20-22)12(18(25)28-3)10-13(24)27-2/h5-10H,1-4H3/b12-10+. The minimum atomic E-state index is -0.811. The molecular weight excluding hydrogens is 380 g/mol. The second-order valence-electron chi connectivity index (χ2n) is 5.87. The highest BCUT2D eigenvalue weighted by Crippen LogP contribution is 2.37. The Balaban J connectivity index is 2.51. The van der Waals surface area contributed by atoms with Crippen molar-refractivity contribution in [3.05, 3.63) is 47.7 Å². The molecule has 150 valence electrons. The van der Waals surface area contributed by atoms with Crippen molar-refractivity contribution < 1.29 is 28.6 Å². The number of nitrogens with zero attached hydrogens (tertiary/aromatic N) is 4. The lowest BCUT2D eigenvalue weighted by atomic mass is 9.97. The van der Waals surface area contributed by atoms with Gasteiger partial charge < -0.3 is 14.2 Å². The normalized spacial score (nSPS) is 11.4. The monoisotopic (exact) mass is 398 g/mol. The number of benzene rings is 1. The van der Waals surface area contributed by atoms with Gasteiger partial charge in [0.05, 0.1) is 32.6 Å². The van der Waals surface area contributed by atoms with Crippen LogP contribution in [0.3, 0.4) is 0 Å². The molecule has 0 saturated carbocycles. The molecule has 0 saturated heterocycles. The fourth-order valence-electron chi connectivity index (χ4n) is 3.02. The topological polar surface area (TPSA) is 114 Å². The molecule has 0 atom stereocenters. The summed E-state index contributed by atoms with van der Waals surface area (Å²) in [6, 6.07) is 8.87. The Kier molecular flexibility index (Phi) is 5.44. The quantitative estimate of drug-likeness (QED) is 0.358. The van der Waals surface area contributed by atoms with Gasteiger partial charge in [-0.3, -0.25) is 0 Å². The fraction of sp³-hybridized carbons (Fsp3) is 0.211. The lowest BCUT2D eigenvalue weighted by Gasteiger charge is -2.09. The number of tetrazole rings is 1. The number of rotatable bonds is 5. The largest absolute Gasteiger partial charge is 0.466 e. The molecule has 0 fully saturated rings. The van der Waals surface area contributed by atoms with Gasteiger partial charge in [0.2, 0.25) is 0 Å². The molecule has 3 rings (SSSR count). The van der Waals surface area contributed by atoms with Gasteiger partial charge in [-0.25, -0.2) is 19.1 Å². The molecular formula is C19H18N4O6. The van der Waals surface area contributed by atoms with Gasteiger partial charge >= 0.3 is 17.9 Å². The Morgan fingerprint density at radius 1 is 0.966 bits per heavy atom. The molecule has 0 N–H and O–H groups in total. The third-order valence-electron chi connectivity index (χ3n) is 4.27. The van der Waals surface area contributed by atoms with Crippen molar-refractivity contribution in [2.24, 2.45) is 7.05 Å². The summed E-state index contributed by atoms with van der Waals surface area (Å²) in [6.07, 6.45) is 0.982. The number of fused-ring (bicyclic) bond motifs is 1. The van der Waals surface area contributed by atoms with Crippen LogP contribution in [0.5, 0.6) is 0 Å². The molecule has 0 aliphatic carbocycles. The van der Waals surface area contributed by atoms with E-state index in [-0.39, 0.29) is 22.5 Å². The number of esters is 3. The van der Waals surface area contributed by atoms with Crippen LogP contribution >= 0.6 is 0 Å². The van der Waals surface area contributed by atoms with Crippen molar-refractivity contribution in [1.29, 1.82) is 0 Å². The second kappa shape index (κ2) is 7.97. The number of hydrogen-bond donors (Lipinski definition) is 0. The second-order valence-corrected chi connectivity index (χ2v) is 5.87. The van der Waals surface area contributed by atoms with Crippen LogP contribution in [0.1, 0.15) is 16.1 Å². The summed E-state index contributed by atoms with van der Waals surface area (Å²) in [7, 11) is 5.20. The first kappa shape index (κ1) is 19.8. The van der Waals surface area contributed by atoms with Crippen LogP contribution in [0.2, 0.25) is 0 Å². The molecule has 3 aromatic rings. The van der Waals surface area contributed by atoms with E-state index >= 15 is 0 Å². The van der Waals surface area contributed by atoms with Crippen LogP contribution in [0, 0.1) is 0 Å². The molecule has 1 aromatic carbocycles. The van der Waals surface area contributed by atoms with Gasteiger partial charge in [-0.15, -0.1) is 0 Å². The summed E-state index contributed by atoms with van der Waals surface area (Å²) in [5, 5.41) is 7.96. The van der Waals surface area contributed by atoms with Crippen LogP contribution in [0.25, 0.3) is 22.3 Å². The molecule has 10 heteroatoms. The smallest absolute Gasteiger partial charge is 0.342 e. The average Bonchev–Trinajstić information content (AvgIpc) is 3.29. The highest BCUT2D eigenvalue weighted by atomic mass is 16.5. The summed E-state index contributed by atoms with van der Waals surface area (Å²) >= 11 is 0. The summed E-state index contributed by atoms with van der Waals surface area (Å²) in [4.78, 5) is 37.2. The summed E-state index contributed by atoms with van der Waals surface area (Å²) < 4.78 is 17.2. The highest BCUT2D eigenvalue weighted by molar-refractivity contribution is 6.23. The van der Waals surface area contributed by atoms with Crippen LogP contribution in [0.4, 0.5) is 0 Å². The fourth-order valence-corrected chi connectivity index (χ4v) is 3.02. The Bertz CT molecular complexity index is 1130. The van der Waals surface area contributed by atoms with Gasteiger partial charge in [0.1, 0.15) is 5.56 Å². The van der Waals surface area contributed by atoms with E-state index in [1.165, 1.54) is 30.5 Å². The molecule has 2 aromatic heterocycles. The first-order chi connectivity index (χ1) is 13.9. The minimum absolute atomic E-state index is 0.140. The van der Waals surface area contributed by atoms with Crippen molar-refractivity contribution in [3.63, 3.8) is 0 Å².